The van der Waals surface area contributed by atoms with Crippen molar-refractivity contribution in [3.8, 4) is 0 Å². The van der Waals surface area contributed by atoms with Crippen LogP contribution in [0.15, 0.2) is 22.7 Å². The molecule has 1 aromatic rings. The molecule has 0 heterocycles. The molecule has 1 saturated carbocycles. The van der Waals surface area contributed by atoms with Gasteiger partial charge in [-0.3, -0.25) is 0 Å². The number of hydrogen-bond acceptors (Lipinski definition) is 2. The van der Waals surface area contributed by atoms with E-state index in [-0.39, 0.29) is 0 Å². The zero-order valence-electron chi connectivity index (χ0n) is 12.1. The van der Waals surface area contributed by atoms with Gasteiger partial charge in [-0.2, -0.15) is 0 Å². The van der Waals surface area contributed by atoms with Crippen molar-refractivity contribution in [3.05, 3.63) is 28.2 Å². The maximum absolute atomic E-state index is 3.63. The minimum atomic E-state index is 0.762. The number of nitrogens with one attached hydrogen (secondary N) is 1. The Kier molecular flexibility index (Phi) is 5.71. The Bertz CT molecular complexity index is 402. The fraction of sp³-hybridized carbons (Fsp3) is 0.625. The van der Waals surface area contributed by atoms with Gasteiger partial charge in [0.2, 0.25) is 0 Å². The van der Waals surface area contributed by atoms with Crippen LogP contribution in [-0.4, -0.2) is 19.1 Å². The minimum absolute atomic E-state index is 0.762. The highest BCUT2D eigenvalue weighted by Crippen LogP contribution is 2.27. The molecule has 0 spiro atoms. The third-order valence-electron chi connectivity index (χ3n) is 3.70. The molecule has 0 radical (unpaired) electrons. The van der Waals surface area contributed by atoms with Gasteiger partial charge in [0.05, 0.1) is 0 Å². The van der Waals surface area contributed by atoms with Crippen LogP contribution in [0, 0.1) is 0 Å². The molecule has 1 N–H and O–H groups in total. The molecule has 0 atom stereocenters. The van der Waals surface area contributed by atoms with E-state index in [1.807, 2.05) is 0 Å². The van der Waals surface area contributed by atoms with E-state index in [2.05, 4.69) is 58.2 Å². The van der Waals surface area contributed by atoms with Crippen LogP contribution in [0.1, 0.15) is 45.1 Å². The Morgan fingerprint density at radius 1 is 1.32 bits per heavy atom. The number of anilines is 1. The highest BCUT2D eigenvalue weighted by molar-refractivity contribution is 9.10. The number of benzene rings is 1. The Morgan fingerprint density at radius 3 is 2.74 bits per heavy atom. The van der Waals surface area contributed by atoms with Gasteiger partial charge in [0, 0.05) is 35.8 Å². The van der Waals surface area contributed by atoms with Crippen LogP contribution in [0.3, 0.4) is 0 Å². The SMILES string of the molecule is CCCCN(CC)c1ccc(Br)cc1CNC1CC1. The summed E-state index contributed by atoms with van der Waals surface area (Å²) in [6, 6.07) is 7.44. The Morgan fingerprint density at radius 2 is 2.11 bits per heavy atom. The molecule has 0 aliphatic heterocycles. The first-order chi connectivity index (χ1) is 9.24. The molecule has 0 saturated heterocycles. The van der Waals surface area contributed by atoms with Crippen molar-refractivity contribution >= 4 is 21.6 Å². The summed E-state index contributed by atoms with van der Waals surface area (Å²) < 4.78 is 1.18. The molecule has 0 amide bonds. The molecule has 2 nitrogen and oxygen atoms in total. The smallest absolute Gasteiger partial charge is 0.0412 e. The van der Waals surface area contributed by atoms with Crippen LogP contribution in [-0.2, 0) is 6.54 Å². The number of rotatable bonds is 8. The van der Waals surface area contributed by atoms with Crippen molar-refractivity contribution in [2.24, 2.45) is 0 Å². The molecule has 1 aliphatic rings. The van der Waals surface area contributed by atoms with Gasteiger partial charge in [0.15, 0.2) is 0 Å². The Labute approximate surface area is 125 Å². The van der Waals surface area contributed by atoms with E-state index in [4.69, 9.17) is 0 Å². The molecule has 0 bridgehead atoms. The standard InChI is InChI=1S/C16H25BrN2/c1-3-5-10-19(4-2)16-9-6-14(17)11-13(16)12-18-15-7-8-15/h6,9,11,15,18H,3-5,7-8,10,12H2,1-2H3. The summed E-state index contributed by atoms with van der Waals surface area (Å²) in [5.41, 5.74) is 2.81. The van der Waals surface area contributed by atoms with Crippen molar-refractivity contribution in [2.45, 2.75) is 52.1 Å². The maximum atomic E-state index is 3.63. The van der Waals surface area contributed by atoms with E-state index in [0.717, 1.165) is 25.7 Å². The molecule has 106 valence electrons. The maximum Gasteiger partial charge on any atom is 0.0412 e. The van der Waals surface area contributed by atoms with E-state index in [1.54, 1.807) is 0 Å². The summed E-state index contributed by atoms with van der Waals surface area (Å²) in [6.45, 7) is 7.73. The van der Waals surface area contributed by atoms with Crippen molar-refractivity contribution in [3.63, 3.8) is 0 Å². The summed E-state index contributed by atoms with van der Waals surface area (Å²) >= 11 is 3.60. The molecule has 3 heteroatoms. The van der Waals surface area contributed by atoms with Crippen LogP contribution in [0.25, 0.3) is 0 Å². The number of unbranched alkanes of at least 4 members (excludes halogenated alkanes) is 1. The van der Waals surface area contributed by atoms with Crippen molar-refractivity contribution in [2.75, 3.05) is 18.0 Å². The molecule has 0 aromatic heterocycles. The first-order valence-electron chi connectivity index (χ1n) is 7.51. The Hall–Kier alpha value is -0.540. The normalized spacial score (nSPS) is 14.7. The molecule has 1 aromatic carbocycles. The number of halogens is 1. The van der Waals surface area contributed by atoms with Gasteiger partial charge in [-0.15, -0.1) is 0 Å². The third-order valence-corrected chi connectivity index (χ3v) is 4.20. The third kappa shape index (κ3) is 4.50. The predicted octanol–water partition coefficient (Wildman–Crippen LogP) is 4.33. The molecule has 19 heavy (non-hydrogen) atoms. The van der Waals surface area contributed by atoms with E-state index >= 15 is 0 Å². The fourth-order valence-corrected chi connectivity index (χ4v) is 2.75. The number of nitrogens with zero attached hydrogens (tertiary/aromatic N) is 1. The van der Waals surface area contributed by atoms with Gasteiger partial charge >= 0.3 is 0 Å². The summed E-state index contributed by atoms with van der Waals surface area (Å²) in [5, 5.41) is 3.63. The van der Waals surface area contributed by atoms with Crippen LogP contribution in [0.2, 0.25) is 0 Å². The van der Waals surface area contributed by atoms with Gasteiger partial charge in [-0.1, -0.05) is 29.3 Å². The lowest BCUT2D eigenvalue weighted by Crippen LogP contribution is -2.26. The van der Waals surface area contributed by atoms with Gasteiger partial charge < -0.3 is 10.2 Å². The highest BCUT2D eigenvalue weighted by atomic mass is 79.9. The minimum Gasteiger partial charge on any atom is -0.372 e. The van der Waals surface area contributed by atoms with Gasteiger partial charge in [0.25, 0.3) is 0 Å². The zero-order valence-corrected chi connectivity index (χ0v) is 13.7. The fourth-order valence-electron chi connectivity index (χ4n) is 2.34. The van der Waals surface area contributed by atoms with Crippen molar-refractivity contribution < 1.29 is 0 Å². The van der Waals surface area contributed by atoms with Crippen LogP contribution < -0.4 is 10.2 Å². The van der Waals surface area contributed by atoms with Crippen LogP contribution in [0.5, 0.6) is 0 Å². The number of hydrogen-bond donors (Lipinski definition) is 1. The lowest BCUT2D eigenvalue weighted by molar-refractivity contribution is 0.678. The zero-order chi connectivity index (χ0) is 13.7. The molecular weight excluding hydrogens is 300 g/mol. The second-order valence-electron chi connectivity index (χ2n) is 5.36. The van der Waals surface area contributed by atoms with Crippen LogP contribution >= 0.6 is 15.9 Å². The van der Waals surface area contributed by atoms with E-state index < -0.39 is 0 Å². The quantitative estimate of drug-likeness (QED) is 0.765. The van der Waals surface area contributed by atoms with Gasteiger partial charge in [0.1, 0.15) is 0 Å². The molecule has 1 fully saturated rings. The summed E-state index contributed by atoms with van der Waals surface area (Å²) in [7, 11) is 0. The average molecular weight is 325 g/mol. The van der Waals surface area contributed by atoms with Crippen molar-refractivity contribution in [1.29, 1.82) is 0 Å². The lowest BCUT2D eigenvalue weighted by atomic mass is 10.1. The highest BCUT2D eigenvalue weighted by Gasteiger charge is 2.21. The summed E-state index contributed by atoms with van der Waals surface area (Å²) in [5.74, 6) is 0. The van der Waals surface area contributed by atoms with E-state index in [9.17, 15) is 0 Å². The second-order valence-corrected chi connectivity index (χ2v) is 6.28. The van der Waals surface area contributed by atoms with Crippen LogP contribution in [0.4, 0.5) is 5.69 Å². The van der Waals surface area contributed by atoms with E-state index in [1.165, 1.54) is 41.4 Å². The van der Waals surface area contributed by atoms with Crippen molar-refractivity contribution in [1.82, 2.24) is 5.32 Å². The average Bonchev–Trinajstić information content (AvgIpc) is 3.23. The molecule has 0 unspecified atom stereocenters. The second kappa shape index (κ2) is 7.30. The first-order valence-corrected chi connectivity index (χ1v) is 8.30. The van der Waals surface area contributed by atoms with Gasteiger partial charge in [-0.25, -0.2) is 0 Å². The van der Waals surface area contributed by atoms with Gasteiger partial charge in [-0.05, 0) is 49.9 Å². The molecule has 1 aliphatic carbocycles. The monoisotopic (exact) mass is 324 g/mol. The largest absolute Gasteiger partial charge is 0.372 e. The predicted molar refractivity (Wildman–Crippen MR) is 86.8 cm³/mol. The first kappa shape index (κ1) is 14.9. The van der Waals surface area contributed by atoms with E-state index in [0.29, 0.717) is 0 Å². The Balaban J connectivity index is 2.10. The molecule has 2 rings (SSSR count). The topological polar surface area (TPSA) is 15.3 Å². The molecular formula is C16H25BrN2. The summed E-state index contributed by atoms with van der Waals surface area (Å²) in [4.78, 5) is 2.50. The lowest BCUT2D eigenvalue weighted by Gasteiger charge is -2.26. The summed E-state index contributed by atoms with van der Waals surface area (Å²) in [6.07, 6.45) is 5.20.